The molecule has 1 aromatic rings. The highest BCUT2D eigenvalue weighted by Crippen LogP contribution is 2.15. The standard InChI is InChI=1S/C17H27N3/c1-2-5-15(6-3-1)13-20-12-9-17(14-20)19-16-7-4-10-18-11-8-16/h1-3,5-6,16-19H,4,7-14H2. The normalized spacial score (nSPS) is 28.4. The molecule has 2 fully saturated rings. The molecule has 0 spiro atoms. The van der Waals surface area contributed by atoms with Crippen molar-refractivity contribution in [1.29, 1.82) is 0 Å². The number of likely N-dealkylation sites (tertiary alicyclic amines) is 1. The number of nitrogens with one attached hydrogen (secondary N) is 2. The van der Waals surface area contributed by atoms with Gasteiger partial charge in [-0.1, -0.05) is 30.3 Å². The molecule has 0 radical (unpaired) electrons. The molecule has 2 aliphatic heterocycles. The second kappa shape index (κ2) is 7.21. The van der Waals surface area contributed by atoms with Gasteiger partial charge in [-0.25, -0.2) is 0 Å². The van der Waals surface area contributed by atoms with Crippen molar-refractivity contribution in [3.8, 4) is 0 Å². The Labute approximate surface area is 122 Å². The molecular weight excluding hydrogens is 246 g/mol. The van der Waals surface area contributed by atoms with Crippen molar-refractivity contribution >= 4 is 0 Å². The molecule has 20 heavy (non-hydrogen) atoms. The minimum atomic E-state index is 0.696. The van der Waals surface area contributed by atoms with E-state index in [-0.39, 0.29) is 0 Å². The fraction of sp³-hybridized carbons (Fsp3) is 0.647. The molecule has 0 bridgehead atoms. The summed E-state index contributed by atoms with van der Waals surface area (Å²) in [5, 5.41) is 7.39. The first kappa shape index (κ1) is 14.1. The van der Waals surface area contributed by atoms with Gasteiger partial charge in [0.05, 0.1) is 0 Å². The second-order valence-corrected chi connectivity index (χ2v) is 6.25. The van der Waals surface area contributed by atoms with Crippen LogP contribution >= 0.6 is 0 Å². The van der Waals surface area contributed by atoms with Crippen molar-refractivity contribution < 1.29 is 0 Å². The van der Waals surface area contributed by atoms with Gasteiger partial charge in [0.2, 0.25) is 0 Å². The smallest absolute Gasteiger partial charge is 0.0234 e. The van der Waals surface area contributed by atoms with Crippen molar-refractivity contribution in [3.63, 3.8) is 0 Å². The van der Waals surface area contributed by atoms with Crippen LogP contribution < -0.4 is 10.6 Å². The quantitative estimate of drug-likeness (QED) is 0.878. The molecule has 1 aromatic carbocycles. The molecule has 0 amide bonds. The van der Waals surface area contributed by atoms with Crippen molar-refractivity contribution in [3.05, 3.63) is 35.9 Å². The largest absolute Gasteiger partial charge is 0.317 e. The molecule has 3 nitrogen and oxygen atoms in total. The number of benzene rings is 1. The number of hydrogen-bond donors (Lipinski definition) is 2. The molecule has 2 aliphatic rings. The molecule has 3 heteroatoms. The molecule has 2 atom stereocenters. The van der Waals surface area contributed by atoms with E-state index in [1.807, 2.05) is 0 Å². The van der Waals surface area contributed by atoms with Crippen LogP contribution in [-0.2, 0) is 6.54 Å². The van der Waals surface area contributed by atoms with Crippen molar-refractivity contribution in [2.45, 2.75) is 44.3 Å². The fourth-order valence-electron chi connectivity index (χ4n) is 3.47. The lowest BCUT2D eigenvalue weighted by atomic mass is 10.1. The van der Waals surface area contributed by atoms with E-state index in [4.69, 9.17) is 0 Å². The van der Waals surface area contributed by atoms with Crippen LogP contribution in [0.25, 0.3) is 0 Å². The Morgan fingerprint density at radius 2 is 1.95 bits per heavy atom. The maximum atomic E-state index is 3.89. The Bertz CT molecular complexity index is 384. The second-order valence-electron chi connectivity index (χ2n) is 6.25. The van der Waals surface area contributed by atoms with E-state index < -0.39 is 0 Å². The monoisotopic (exact) mass is 273 g/mol. The third kappa shape index (κ3) is 4.05. The minimum Gasteiger partial charge on any atom is -0.317 e. The molecular formula is C17H27N3. The maximum absolute atomic E-state index is 3.89. The van der Waals surface area contributed by atoms with Crippen LogP contribution in [0.1, 0.15) is 31.2 Å². The first-order valence-corrected chi connectivity index (χ1v) is 8.13. The van der Waals surface area contributed by atoms with Gasteiger partial charge in [0.15, 0.2) is 0 Å². The van der Waals surface area contributed by atoms with E-state index in [0.717, 1.165) is 12.6 Å². The fourth-order valence-corrected chi connectivity index (χ4v) is 3.47. The predicted molar refractivity (Wildman–Crippen MR) is 83.8 cm³/mol. The Morgan fingerprint density at radius 1 is 1.05 bits per heavy atom. The number of hydrogen-bond acceptors (Lipinski definition) is 3. The van der Waals surface area contributed by atoms with Gasteiger partial charge in [0, 0.05) is 31.7 Å². The SMILES string of the molecule is c1ccc(CN2CCC(NC3CCCNCC3)C2)cc1. The van der Waals surface area contributed by atoms with Crippen LogP contribution in [0.2, 0.25) is 0 Å². The summed E-state index contributed by atoms with van der Waals surface area (Å²) < 4.78 is 0. The Morgan fingerprint density at radius 3 is 2.85 bits per heavy atom. The van der Waals surface area contributed by atoms with E-state index in [9.17, 15) is 0 Å². The minimum absolute atomic E-state index is 0.696. The summed E-state index contributed by atoms with van der Waals surface area (Å²) in [4.78, 5) is 2.59. The summed E-state index contributed by atoms with van der Waals surface area (Å²) in [7, 11) is 0. The van der Waals surface area contributed by atoms with Gasteiger partial charge in [-0.2, -0.15) is 0 Å². The summed E-state index contributed by atoms with van der Waals surface area (Å²) in [5.74, 6) is 0. The van der Waals surface area contributed by atoms with E-state index in [1.54, 1.807) is 0 Å². The molecule has 2 saturated heterocycles. The number of nitrogens with zero attached hydrogens (tertiary/aromatic N) is 1. The molecule has 2 heterocycles. The van der Waals surface area contributed by atoms with Gasteiger partial charge in [0.25, 0.3) is 0 Å². The Hall–Kier alpha value is -0.900. The van der Waals surface area contributed by atoms with Crippen LogP contribution in [0.15, 0.2) is 30.3 Å². The summed E-state index contributed by atoms with van der Waals surface area (Å²) in [6, 6.07) is 12.3. The molecule has 0 aromatic heterocycles. The third-order valence-electron chi connectivity index (χ3n) is 4.57. The predicted octanol–water partition coefficient (Wildman–Crippen LogP) is 1.99. The third-order valence-corrected chi connectivity index (χ3v) is 4.57. The molecule has 0 saturated carbocycles. The van der Waals surface area contributed by atoms with Gasteiger partial charge in [-0.15, -0.1) is 0 Å². The molecule has 110 valence electrons. The highest BCUT2D eigenvalue weighted by atomic mass is 15.2. The summed E-state index contributed by atoms with van der Waals surface area (Å²) in [6.07, 6.45) is 5.24. The first-order chi connectivity index (χ1) is 9.90. The summed E-state index contributed by atoms with van der Waals surface area (Å²) in [6.45, 7) is 5.92. The van der Waals surface area contributed by atoms with Crippen LogP contribution in [0.5, 0.6) is 0 Å². The topological polar surface area (TPSA) is 27.3 Å². The summed E-state index contributed by atoms with van der Waals surface area (Å²) in [5.41, 5.74) is 1.44. The zero-order chi connectivity index (χ0) is 13.6. The van der Waals surface area contributed by atoms with Crippen molar-refractivity contribution in [2.75, 3.05) is 26.2 Å². The van der Waals surface area contributed by atoms with Gasteiger partial charge in [0.1, 0.15) is 0 Å². The molecule has 2 unspecified atom stereocenters. The Kier molecular flexibility index (Phi) is 5.06. The van der Waals surface area contributed by atoms with E-state index in [1.165, 1.54) is 57.4 Å². The van der Waals surface area contributed by atoms with Crippen LogP contribution in [0.3, 0.4) is 0 Å². The van der Waals surface area contributed by atoms with E-state index in [0.29, 0.717) is 6.04 Å². The molecule has 0 aliphatic carbocycles. The van der Waals surface area contributed by atoms with Crippen molar-refractivity contribution in [1.82, 2.24) is 15.5 Å². The maximum Gasteiger partial charge on any atom is 0.0234 e. The lowest BCUT2D eigenvalue weighted by Gasteiger charge is -2.22. The van der Waals surface area contributed by atoms with Crippen LogP contribution in [-0.4, -0.2) is 43.2 Å². The number of rotatable bonds is 4. The Balaban J connectivity index is 1.44. The zero-order valence-electron chi connectivity index (χ0n) is 12.4. The molecule has 3 rings (SSSR count). The van der Waals surface area contributed by atoms with Gasteiger partial charge in [-0.3, -0.25) is 4.90 Å². The van der Waals surface area contributed by atoms with Crippen LogP contribution in [0.4, 0.5) is 0 Å². The zero-order valence-corrected chi connectivity index (χ0v) is 12.4. The average molecular weight is 273 g/mol. The lowest BCUT2D eigenvalue weighted by molar-refractivity contribution is 0.311. The average Bonchev–Trinajstić information content (AvgIpc) is 2.74. The highest BCUT2D eigenvalue weighted by Gasteiger charge is 2.24. The lowest BCUT2D eigenvalue weighted by Crippen LogP contribution is -2.40. The first-order valence-electron chi connectivity index (χ1n) is 8.13. The van der Waals surface area contributed by atoms with Crippen LogP contribution in [0, 0.1) is 0 Å². The van der Waals surface area contributed by atoms with Gasteiger partial charge in [-0.05, 0) is 44.3 Å². The van der Waals surface area contributed by atoms with Gasteiger partial charge >= 0.3 is 0 Å². The van der Waals surface area contributed by atoms with E-state index >= 15 is 0 Å². The highest BCUT2D eigenvalue weighted by molar-refractivity contribution is 5.14. The molecule has 2 N–H and O–H groups in total. The van der Waals surface area contributed by atoms with E-state index in [2.05, 4.69) is 45.9 Å². The summed E-state index contributed by atoms with van der Waals surface area (Å²) >= 11 is 0. The van der Waals surface area contributed by atoms with Crippen molar-refractivity contribution in [2.24, 2.45) is 0 Å². The van der Waals surface area contributed by atoms with Gasteiger partial charge < -0.3 is 10.6 Å².